The van der Waals surface area contributed by atoms with Crippen molar-refractivity contribution >= 4 is 38.3 Å². The molecule has 2 aromatic rings. The first kappa shape index (κ1) is 32.5. The Kier molecular flexibility index (Phi) is 9.52. The number of hydrogen-bond acceptors (Lipinski definition) is 4. The smallest absolute Gasteiger partial charge is 0.378 e. The fourth-order valence-corrected chi connectivity index (χ4v) is 9.47. The van der Waals surface area contributed by atoms with E-state index in [1.54, 1.807) is 6.92 Å². The highest BCUT2D eigenvalue weighted by Crippen LogP contribution is 2.59. The maximum absolute atomic E-state index is 13.7. The molecule has 0 spiro atoms. The van der Waals surface area contributed by atoms with Crippen LogP contribution in [0.25, 0.3) is 0 Å². The van der Waals surface area contributed by atoms with Crippen molar-refractivity contribution in [3.8, 4) is 0 Å². The molecule has 2 N–H and O–H groups in total. The summed E-state index contributed by atoms with van der Waals surface area (Å²) >= 11 is 0. The third-order valence-electron chi connectivity index (χ3n) is 8.69. The lowest BCUT2D eigenvalue weighted by molar-refractivity contribution is -0.143. The van der Waals surface area contributed by atoms with Crippen LogP contribution >= 0.6 is 22.4 Å². The van der Waals surface area contributed by atoms with Crippen molar-refractivity contribution in [2.75, 3.05) is 18.0 Å². The monoisotopic (exact) mass is 634 g/mol. The molecular formula is C30H37ClF6N4S. The lowest BCUT2D eigenvalue weighted by Crippen LogP contribution is -2.31. The summed E-state index contributed by atoms with van der Waals surface area (Å²) in [6, 6.07) is 6.23. The molecular weight excluding hydrogens is 598 g/mol. The van der Waals surface area contributed by atoms with Gasteiger partial charge in [-0.3, -0.25) is 0 Å². The van der Waals surface area contributed by atoms with Crippen molar-refractivity contribution in [2.45, 2.75) is 82.7 Å². The van der Waals surface area contributed by atoms with Crippen molar-refractivity contribution in [1.29, 1.82) is 0 Å². The molecule has 0 aromatic heterocycles. The van der Waals surface area contributed by atoms with Crippen molar-refractivity contribution in [2.24, 2.45) is 21.9 Å². The first-order valence-electron chi connectivity index (χ1n) is 14.1. The van der Waals surface area contributed by atoms with E-state index >= 15 is 0 Å². The predicted molar refractivity (Wildman–Crippen MR) is 162 cm³/mol. The Bertz CT molecular complexity index is 1310. The average Bonchev–Trinajstić information content (AvgIpc) is 3.64. The number of alkyl halides is 6. The molecule has 0 radical (unpaired) electrons. The zero-order valence-electron chi connectivity index (χ0n) is 23.7. The van der Waals surface area contributed by atoms with Crippen LogP contribution in [-0.2, 0) is 36.7 Å². The summed E-state index contributed by atoms with van der Waals surface area (Å²) in [6.45, 7) is 5.57. The quantitative estimate of drug-likeness (QED) is 0.295. The second-order valence-electron chi connectivity index (χ2n) is 11.4. The minimum absolute atomic E-state index is 0. The zero-order chi connectivity index (χ0) is 29.6. The van der Waals surface area contributed by atoms with E-state index in [2.05, 4.69) is 34.2 Å². The summed E-state index contributed by atoms with van der Waals surface area (Å²) in [7, 11) is -2.34. The van der Waals surface area contributed by atoms with Gasteiger partial charge in [0, 0.05) is 30.3 Å². The first-order valence-corrected chi connectivity index (χ1v) is 16.1. The molecule has 0 saturated heterocycles. The molecule has 4 nitrogen and oxygen atoms in total. The Morgan fingerprint density at radius 1 is 0.857 bits per heavy atom. The van der Waals surface area contributed by atoms with E-state index in [-0.39, 0.29) is 35.0 Å². The van der Waals surface area contributed by atoms with E-state index < -0.39 is 33.5 Å². The van der Waals surface area contributed by atoms with Crippen LogP contribution in [-0.4, -0.2) is 23.3 Å². The summed E-state index contributed by atoms with van der Waals surface area (Å²) in [5.41, 5.74) is 8.39. The molecule has 1 saturated carbocycles. The maximum atomic E-state index is 13.7. The lowest BCUT2D eigenvalue weighted by Gasteiger charge is -2.38. The molecule has 2 aromatic carbocycles. The van der Waals surface area contributed by atoms with Gasteiger partial charge in [0.2, 0.25) is 0 Å². The Morgan fingerprint density at radius 2 is 1.45 bits per heavy atom. The van der Waals surface area contributed by atoms with E-state index in [4.69, 9.17) is 5.73 Å². The van der Waals surface area contributed by atoms with Crippen molar-refractivity contribution in [3.05, 3.63) is 63.7 Å². The van der Waals surface area contributed by atoms with Gasteiger partial charge in [0.05, 0.1) is 16.2 Å². The number of halogens is 7. The Hall–Kier alpha value is -2.40. The van der Waals surface area contributed by atoms with Crippen LogP contribution in [0.5, 0.6) is 0 Å². The van der Waals surface area contributed by atoms with Crippen molar-refractivity contribution in [3.63, 3.8) is 0 Å². The second-order valence-corrected chi connectivity index (χ2v) is 14.8. The normalized spacial score (nSPS) is 22.3. The number of fused-ring (bicyclic) bond motifs is 1. The molecule has 3 aliphatic rings. The van der Waals surface area contributed by atoms with Gasteiger partial charge >= 0.3 is 12.4 Å². The van der Waals surface area contributed by atoms with E-state index in [0.717, 1.165) is 55.7 Å². The van der Waals surface area contributed by atoms with E-state index in [9.17, 15) is 26.3 Å². The molecule has 0 amide bonds. The summed E-state index contributed by atoms with van der Waals surface area (Å²) in [4.78, 5) is 2.39. The van der Waals surface area contributed by atoms with Gasteiger partial charge in [0.25, 0.3) is 0 Å². The first-order chi connectivity index (χ1) is 19.3. The van der Waals surface area contributed by atoms with Crippen LogP contribution in [0.15, 0.2) is 40.5 Å². The third-order valence-corrected chi connectivity index (χ3v) is 12.4. The molecule has 0 bridgehead atoms. The molecule has 12 heteroatoms. The van der Waals surface area contributed by atoms with Crippen LogP contribution in [0.3, 0.4) is 0 Å². The van der Waals surface area contributed by atoms with Crippen LogP contribution in [0.4, 0.5) is 32.0 Å². The molecule has 1 atom stereocenters. The van der Waals surface area contributed by atoms with Crippen molar-refractivity contribution in [1.82, 2.24) is 0 Å². The number of aryl methyl sites for hydroxylation is 2. The fourth-order valence-electron chi connectivity index (χ4n) is 6.46. The molecule has 232 valence electrons. The van der Waals surface area contributed by atoms with Crippen molar-refractivity contribution < 1.29 is 26.3 Å². The van der Waals surface area contributed by atoms with Gasteiger partial charge in [-0.25, -0.2) is 0 Å². The highest BCUT2D eigenvalue weighted by Gasteiger charge is 2.41. The largest absolute Gasteiger partial charge is 0.416 e. The average molecular weight is 635 g/mol. The zero-order valence-corrected chi connectivity index (χ0v) is 25.4. The molecule has 42 heavy (non-hydrogen) atoms. The number of nitrogens with zero attached hydrogens (tertiary/aromatic N) is 3. The number of benzene rings is 2. The summed E-state index contributed by atoms with van der Waals surface area (Å²) < 4.78 is 82.1. The number of rotatable bonds is 8. The second kappa shape index (κ2) is 12.3. The van der Waals surface area contributed by atoms with E-state index in [0.29, 0.717) is 16.7 Å². The number of hydrogen-bond donors (Lipinski definition) is 1. The van der Waals surface area contributed by atoms with Gasteiger partial charge in [-0.2, -0.15) is 26.3 Å². The summed E-state index contributed by atoms with van der Waals surface area (Å²) in [5.74, 6) is 0.860. The van der Waals surface area contributed by atoms with Gasteiger partial charge in [0.1, 0.15) is 0 Å². The van der Waals surface area contributed by atoms with E-state index in [1.807, 2.05) is 0 Å². The topological polar surface area (TPSA) is 54.0 Å². The highest BCUT2D eigenvalue weighted by molar-refractivity contribution is 8.54. The predicted octanol–water partition coefficient (Wildman–Crippen LogP) is 8.82. The molecule has 1 aliphatic heterocycles. The third kappa shape index (κ3) is 6.56. The van der Waals surface area contributed by atoms with Crippen LogP contribution < -0.4 is 10.6 Å². The minimum atomic E-state index is -4.92. The van der Waals surface area contributed by atoms with Gasteiger partial charge in [0.15, 0.2) is 5.17 Å². The van der Waals surface area contributed by atoms with E-state index in [1.165, 1.54) is 36.8 Å². The maximum Gasteiger partial charge on any atom is 0.416 e. The van der Waals surface area contributed by atoms with Crippen LogP contribution in [0, 0.1) is 5.92 Å². The Morgan fingerprint density at radius 3 is 1.98 bits per heavy atom. The number of anilines is 1. The number of amidine groups is 1. The molecule has 1 heterocycles. The summed E-state index contributed by atoms with van der Waals surface area (Å²) in [6.07, 6.45) is -2.02. The molecule has 1 fully saturated rings. The van der Waals surface area contributed by atoms with Crippen LogP contribution in [0.1, 0.15) is 79.3 Å². The Balaban J connectivity index is 0.00000405. The lowest BCUT2D eigenvalue weighted by atomic mass is 10.0. The number of nitrogens with two attached hydrogens (primary N) is 1. The SMILES string of the molecule is CCN(CC1CCCC1)c1cc2c(cc1CS1(Cc3cc(C(F)(F)F)cc(C(F)(F)F)c3)C(C)=NN=C1N)CCC2.Cl. The fraction of sp³-hybridized carbons (Fsp3) is 0.533. The van der Waals surface area contributed by atoms with Gasteiger partial charge in [-0.1, -0.05) is 18.9 Å². The van der Waals surface area contributed by atoms with Crippen LogP contribution in [0.2, 0.25) is 0 Å². The highest BCUT2D eigenvalue weighted by atomic mass is 35.5. The standard InChI is InChI=1S/C30H36F6N4S.ClH/c1-3-40(16-20-7-4-5-8-20)27-14-23-10-6-9-22(23)13-24(27)18-41(19(2)38-39-28(41)37)17-21-11-25(29(31,32)33)15-26(12-21)30(34,35)36;/h11-15,20H,3-10,16-18H2,1-2H3,(H2,37,39);1H. The summed E-state index contributed by atoms with van der Waals surface area (Å²) in [5, 5.41) is 9.08. The molecule has 1 unspecified atom stereocenters. The Labute approximate surface area is 250 Å². The van der Waals surface area contributed by atoms with Gasteiger partial charge in [-0.15, -0.1) is 32.6 Å². The molecule has 5 rings (SSSR count). The minimum Gasteiger partial charge on any atom is -0.378 e. The molecule has 2 aliphatic carbocycles. The van der Waals surface area contributed by atoms with Gasteiger partial charge < -0.3 is 10.6 Å². The van der Waals surface area contributed by atoms with Gasteiger partial charge in [-0.05, 0) is 98.4 Å².